The zero-order valence-corrected chi connectivity index (χ0v) is 20.0. The highest BCUT2D eigenvalue weighted by Gasteiger charge is 2.36. The highest BCUT2D eigenvalue weighted by Crippen LogP contribution is 2.36. The number of benzene rings is 1. The SMILES string of the molecule is CCOC(=O)CNC(=O)N1CCC(N2CCc3ccccc3C2CC(=O)N2CCOCC2)CC1. The number of nitrogens with one attached hydrogen (secondary N) is 1. The van der Waals surface area contributed by atoms with Crippen molar-refractivity contribution in [2.75, 3.05) is 59.1 Å². The first-order valence-electron chi connectivity index (χ1n) is 12.4. The summed E-state index contributed by atoms with van der Waals surface area (Å²) in [6.07, 6.45) is 3.13. The molecule has 3 amide bonds. The summed E-state index contributed by atoms with van der Waals surface area (Å²) in [4.78, 5) is 43.3. The number of morpholine rings is 1. The Bertz CT molecular complexity index is 865. The minimum absolute atomic E-state index is 0.0504. The molecule has 34 heavy (non-hydrogen) atoms. The van der Waals surface area contributed by atoms with Crippen LogP contribution in [0.4, 0.5) is 4.79 Å². The van der Waals surface area contributed by atoms with Crippen molar-refractivity contribution < 1.29 is 23.9 Å². The van der Waals surface area contributed by atoms with Gasteiger partial charge in [-0.1, -0.05) is 24.3 Å². The standard InChI is InChI=1S/C25H36N4O5/c1-2-34-24(31)18-26-25(32)28-10-8-20(9-11-28)29-12-7-19-5-3-4-6-21(19)22(29)17-23(30)27-13-15-33-16-14-27/h3-6,20,22H,2,7-18H2,1H3,(H,26,32). The molecule has 2 fully saturated rings. The van der Waals surface area contributed by atoms with Crippen molar-refractivity contribution in [2.24, 2.45) is 0 Å². The first-order valence-corrected chi connectivity index (χ1v) is 12.4. The van der Waals surface area contributed by atoms with Gasteiger partial charge in [0, 0.05) is 51.2 Å². The van der Waals surface area contributed by atoms with Crippen molar-refractivity contribution >= 4 is 17.9 Å². The van der Waals surface area contributed by atoms with Crippen molar-refractivity contribution in [1.82, 2.24) is 20.0 Å². The molecule has 186 valence electrons. The van der Waals surface area contributed by atoms with Crippen molar-refractivity contribution in [3.8, 4) is 0 Å². The lowest BCUT2D eigenvalue weighted by atomic mass is 9.87. The molecular formula is C25H36N4O5. The molecule has 3 aliphatic heterocycles. The van der Waals surface area contributed by atoms with Crippen LogP contribution >= 0.6 is 0 Å². The van der Waals surface area contributed by atoms with Gasteiger partial charge < -0.3 is 24.6 Å². The van der Waals surface area contributed by atoms with E-state index in [-0.39, 0.29) is 24.5 Å². The second-order valence-corrected chi connectivity index (χ2v) is 9.08. The Labute approximate surface area is 201 Å². The second kappa shape index (κ2) is 11.7. The molecule has 0 aromatic heterocycles. The van der Waals surface area contributed by atoms with Gasteiger partial charge in [0.1, 0.15) is 6.54 Å². The maximum Gasteiger partial charge on any atom is 0.325 e. The van der Waals surface area contributed by atoms with Gasteiger partial charge in [-0.05, 0) is 37.3 Å². The Morgan fingerprint density at radius 2 is 1.76 bits per heavy atom. The lowest BCUT2D eigenvalue weighted by molar-refractivity contribution is -0.142. The van der Waals surface area contributed by atoms with E-state index in [1.165, 1.54) is 11.1 Å². The van der Waals surface area contributed by atoms with Gasteiger partial charge in [0.05, 0.1) is 19.8 Å². The van der Waals surface area contributed by atoms with Gasteiger partial charge in [-0.2, -0.15) is 0 Å². The molecule has 0 spiro atoms. The highest BCUT2D eigenvalue weighted by atomic mass is 16.5. The number of hydrogen-bond acceptors (Lipinski definition) is 6. The van der Waals surface area contributed by atoms with E-state index in [4.69, 9.17) is 9.47 Å². The summed E-state index contributed by atoms with van der Waals surface area (Å²) in [6.45, 7) is 6.63. The Morgan fingerprint density at radius 1 is 1.03 bits per heavy atom. The summed E-state index contributed by atoms with van der Waals surface area (Å²) in [5, 5.41) is 2.65. The van der Waals surface area contributed by atoms with Crippen LogP contribution in [0.2, 0.25) is 0 Å². The zero-order valence-electron chi connectivity index (χ0n) is 20.0. The van der Waals surface area contributed by atoms with Crippen molar-refractivity contribution in [3.63, 3.8) is 0 Å². The molecule has 9 heteroatoms. The van der Waals surface area contributed by atoms with Crippen molar-refractivity contribution in [2.45, 2.75) is 44.7 Å². The van der Waals surface area contributed by atoms with E-state index < -0.39 is 5.97 Å². The predicted octanol–water partition coefficient (Wildman–Crippen LogP) is 1.57. The van der Waals surface area contributed by atoms with E-state index in [0.29, 0.717) is 58.5 Å². The molecular weight excluding hydrogens is 436 g/mol. The molecule has 3 heterocycles. The fraction of sp³-hybridized carbons (Fsp3) is 0.640. The lowest BCUT2D eigenvalue weighted by Crippen LogP contribution is -2.52. The van der Waals surface area contributed by atoms with Crippen LogP contribution in [0.15, 0.2) is 24.3 Å². The molecule has 1 unspecified atom stereocenters. The molecule has 0 radical (unpaired) electrons. The first-order chi connectivity index (χ1) is 16.6. The second-order valence-electron chi connectivity index (χ2n) is 9.08. The van der Waals surface area contributed by atoms with Crippen LogP contribution in [0, 0.1) is 0 Å². The largest absolute Gasteiger partial charge is 0.465 e. The van der Waals surface area contributed by atoms with Gasteiger partial charge in [0.2, 0.25) is 5.91 Å². The molecule has 1 aromatic rings. The number of urea groups is 1. The lowest BCUT2D eigenvalue weighted by Gasteiger charge is -2.45. The molecule has 1 aromatic carbocycles. The van der Waals surface area contributed by atoms with E-state index in [1.54, 1.807) is 11.8 Å². The number of piperidine rings is 1. The normalized spacial score (nSPS) is 21.6. The van der Waals surface area contributed by atoms with E-state index in [9.17, 15) is 14.4 Å². The fourth-order valence-corrected chi connectivity index (χ4v) is 5.31. The summed E-state index contributed by atoms with van der Waals surface area (Å²) in [5.74, 6) is -0.240. The molecule has 3 aliphatic rings. The Kier molecular flexibility index (Phi) is 8.39. The van der Waals surface area contributed by atoms with E-state index >= 15 is 0 Å². The third kappa shape index (κ3) is 5.88. The molecule has 9 nitrogen and oxygen atoms in total. The molecule has 0 saturated carbocycles. The number of ether oxygens (including phenoxy) is 2. The predicted molar refractivity (Wildman–Crippen MR) is 126 cm³/mol. The van der Waals surface area contributed by atoms with Gasteiger partial charge in [-0.25, -0.2) is 4.79 Å². The third-order valence-electron chi connectivity index (χ3n) is 7.10. The topological polar surface area (TPSA) is 91.4 Å². The molecule has 1 N–H and O–H groups in total. The molecule has 2 saturated heterocycles. The van der Waals surface area contributed by atoms with Crippen LogP contribution < -0.4 is 5.32 Å². The number of rotatable bonds is 6. The van der Waals surface area contributed by atoms with E-state index in [0.717, 1.165) is 25.8 Å². The van der Waals surface area contributed by atoms with Crippen LogP contribution in [0.25, 0.3) is 0 Å². The summed E-state index contributed by atoms with van der Waals surface area (Å²) in [6, 6.07) is 8.61. The smallest absolute Gasteiger partial charge is 0.325 e. The Morgan fingerprint density at radius 3 is 2.50 bits per heavy atom. The minimum Gasteiger partial charge on any atom is -0.465 e. The average Bonchev–Trinajstić information content (AvgIpc) is 2.88. The van der Waals surface area contributed by atoms with Gasteiger partial charge in [0.25, 0.3) is 0 Å². The van der Waals surface area contributed by atoms with Crippen LogP contribution in [-0.2, 0) is 25.5 Å². The zero-order chi connectivity index (χ0) is 23.9. The summed E-state index contributed by atoms with van der Waals surface area (Å²) in [7, 11) is 0. The molecule has 0 aliphatic carbocycles. The maximum absolute atomic E-state index is 13.2. The fourth-order valence-electron chi connectivity index (χ4n) is 5.31. The molecule has 1 atom stereocenters. The van der Waals surface area contributed by atoms with Gasteiger partial charge in [0.15, 0.2) is 0 Å². The van der Waals surface area contributed by atoms with Gasteiger partial charge in [-0.3, -0.25) is 14.5 Å². The van der Waals surface area contributed by atoms with Crippen molar-refractivity contribution in [3.05, 3.63) is 35.4 Å². The number of esters is 1. The summed E-state index contributed by atoms with van der Waals surface area (Å²) >= 11 is 0. The first kappa shape index (κ1) is 24.5. The minimum atomic E-state index is -0.425. The quantitative estimate of drug-likeness (QED) is 0.632. The van der Waals surface area contributed by atoms with Crippen LogP contribution in [0.5, 0.6) is 0 Å². The van der Waals surface area contributed by atoms with Crippen LogP contribution in [0.3, 0.4) is 0 Å². The number of nitrogens with zero attached hydrogens (tertiary/aromatic N) is 3. The van der Waals surface area contributed by atoms with Gasteiger partial charge >= 0.3 is 12.0 Å². The summed E-state index contributed by atoms with van der Waals surface area (Å²) in [5.41, 5.74) is 2.58. The van der Waals surface area contributed by atoms with Crippen LogP contribution in [0.1, 0.15) is 43.4 Å². The average molecular weight is 473 g/mol. The third-order valence-corrected chi connectivity index (χ3v) is 7.10. The number of carbonyl (C=O) groups is 3. The monoisotopic (exact) mass is 472 g/mol. The number of carbonyl (C=O) groups excluding carboxylic acids is 3. The Balaban J connectivity index is 1.38. The summed E-state index contributed by atoms with van der Waals surface area (Å²) < 4.78 is 10.3. The van der Waals surface area contributed by atoms with E-state index in [1.807, 2.05) is 4.90 Å². The number of amides is 3. The molecule has 0 bridgehead atoms. The highest BCUT2D eigenvalue weighted by molar-refractivity contribution is 5.81. The number of likely N-dealkylation sites (tertiary alicyclic amines) is 1. The van der Waals surface area contributed by atoms with Crippen LogP contribution in [-0.4, -0.2) is 97.7 Å². The van der Waals surface area contributed by atoms with Crippen molar-refractivity contribution in [1.29, 1.82) is 0 Å². The number of fused-ring (bicyclic) bond motifs is 1. The molecule has 4 rings (SSSR count). The maximum atomic E-state index is 13.2. The Hall–Kier alpha value is -2.65. The van der Waals surface area contributed by atoms with E-state index in [2.05, 4.69) is 34.5 Å². The number of hydrogen-bond donors (Lipinski definition) is 1. The van der Waals surface area contributed by atoms with Gasteiger partial charge in [-0.15, -0.1) is 0 Å².